The molecule has 17 heavy (non-hydrogen) atoms. The quantitative estimate of drug-likeness (QED) is 0.863. The molecule has 1 atom stereocenters. The number of para-hydroxylation sites is 1. The number of rotatable bonds is 2. The van der Waals surface area contributed by atoms with Gasteiger partial charge in [0.25, 0.3) is 0 Å². The summed E-state index contributed by atoms with van der Waals surface area (Å²) in [5.41, 5.74) is -0.710. The first kappa shape index (κ1) is 12.2. The normalized spacial score (nSPS) is 18.1. The molecule has 0 saturated carbocycles. The van der Waals surface area contributed by atoms with Crippen LogP contribution in [0.1, 0.15) is 18.4 Å². The lowest BCUT2D eigenvalue weighted by Gasteiger charge is -2.25. The van der Waals surface area contributed by atoms with E-state index in [9.17, 15) is 13.2 Å². The zero-order valence-corrected chi connectivity index (χ0v) is 9.13. The largest absolute Gasteiger partial charge is 0.490 e. The Hall–Kier alpha value is -1.23. The van der Waals surface area contributed by atoms with Crippen molar-refractivity contribution in [3.8, 4) is 5.75 Å². The number of piperidine rings is 1. The van der Waals surface area contributed by atoms with Crippen molar-refractivity contribution in [2.45, 2.75) is 25.1 Å². The minimum Gasteiger partial charge on any atom is -0.490 e. The van der Waals surface area contributed by atoms with Crippen molar-refractivity contribution < 1.29 is 17.9 Å². The Labute approximate surface area is 97.8 Å². The Kier molecular flexibility index (Phi) is 3.57. The molecular weight excluding hydrogens is 231 g/mol. The van der Waals surface area contributed by atoms with Crippen molar-refractivity contribution in [2.24, 2.45) is 0 Å². The summed E-state index contributed by atoms with van der Waals surface area (Å²) >= 11 is 0. The second kappa shape index (κ2) is 4.96. The molecule has 1 aromatic rings. The van der Waals surface area contributed by atoms with E-state index < -0.39 is 11.7 Å². The van der Waals surface area contributed by atoms with Crippen LogP contribution in [0.25, 0.3) is 0 Å². The zero-order chi connectivity index (χ0) is 12.3. The van der Waals surface area contributed by atoms with Gasteiger partial charge in [-0.1, -0.05) is 12.1 Å². The topological polar surface area (TPSA) is 21.3 Å². The van der Waals surface area contributed by atoms with Crippen LogP contribution in [0.2, 0.25) is 0 Å². The van der Waals surface area contributed by atoms with E-state index in [1.807, 2.05) is 6.54 Å². The maximum absolute atomic E-state index is 12.7. The van der Waals surface area contributed by atoms with Gasteiger partial charge in [0.15, 0.2) is 0 Å². The van der Waals surface area contributed by atoms with E-state index in [1.54, 1.807) is 6.07 Å². The molecule has 1 aliphatic heterocycles. The van der Waals surface area contributed by atoms with Gasteiger partial charge in [0.2, 0.25) is 0 Å². The zero-order valence-electron chi connectivity index (χ0n) is 9.13. The van der Waals surface area contributed by atoms with Gasteiger partial charge in [0.1, 0.15) is 11.9 Å². The summed E-state index contributed by atoms with van der Waals surface area (Å²) in [6.07, 6.45) is -3.22. The minimum atomic E-state index is -4.37. The number of nitrogens with one attached hydrogen (secondary N) is 1. The van der Waals surface area contributed by atoms with Crippen molar-refractivity contribution in [3.63, 3.8) is 0 Å². The standard InChI is InChI=1S/C12H13F3NO/c13-12(14,15)10-3-1-2-4-11(10)17-9-5-7-16-8-6-9/h1-4,7,9,16H,5-6,8H2. The predicted octanol–water partition coefficient (Wildman–Crippen LogP) is 3.00. The molecule has 0 bridgehead atoms. The second-order valence-corrected chi connectivity index (χ2v) is 3.92. The van der Waals surface area contributed by atoms with Crippen LogP contribution in [0.3, 0.4) is 0 Å². The average molecular weight is 244 g/mol. The maximum atomic E-state index is 12.7. The summed E-state index contributed by atoms with van der Waals surface area (Å²) in [4.78, 5) is 0. The summed E-state index contributed by atoms with van der Waals surface area (Å²) in [6.45, 7) is 2.56. The smallest absolute Gasteiger partial charge is 0.419 e. The lowest BCUT2D eigenvalue weighted by Crippen LogP contribution is -2.31. The number of alkyl halides is 3. The molecular formula is C12H13F3NO. The SMILES string of the molecule is FC(F)(F)c1ccccc1OC1C[CH]NCC1. The minimum absolute atomic E-state index is 0.0831. The lowest BCUT2D eigenvalue weighted by molar-refractivity contribution is -0.139. The Morgan fingerprint density at radius 1 is 1.24 bits per heavy atom. The van der Waals surface area contributed by atoms with Gasteiger partial charge < -0.3 is 10.1 Å². The Morgan fingerprint density at radius 3 is 2.65 bits per heavy atom. The molecule has 1 heterocycles. The van der Waals surface area contributed by atoms with Crippen LogP contribution in [0, 0.1) is 6.54 Å². The van der Waals surface area contributed by atoms with E-state index in [0.29, 0.717) is 12.8 Å². The summed E-state index contributed by atoms with van der Waals surface area (Å²) < 4.78 is 43.5. The highest BCUT2D eigenvalue weighted by Gasteiger charge is 2.34. The number of halogens is 3. The van der Waals surface area contributed by atoms with E-state index >= 15 is 0 Å². The third-order valence-corrected chi connectivity index (χ3v) is 2.62. The van der Waals surface area contributed by atoms with Crippen LogP contribution >= 0.6 is 0 Å². The van der Waals surface area contributed by atoms with Gasteiger partial charge in [-0.2, -0.15) is 13.2 Å². The molecule has 1 unspecified atom stereocenters. The van der Waals surface area contributed by atoms with Gasteiger partial charge in [-0.25, -0.2) is 0 Å². The van der Waals surface area contributed by atoms with Gasteiger partial charge in [0.05, 0.1) is 5.56 Å². The maximum Gasteiger partial charge on any atom is 0.419 e. The number of benzene rings is 1. The molecule has 0 spiro atoms. The summed E-state index contributed by atoms with van der Waals surface area (Å²) in [7, 11) is 0. The third-order valence-electron chi connectivity index (χ3n) is 2.62. The molecule has 1 N–H and O–H groups in total. The fraction of sp³-hybridized carbons (Fsp3) is 0.417. The number of ether oxygens (including phenoxy) is 1. The van der Waals surface area contributed by atoms with Gasteiger partial charge in [-0.15, -0.1) is 0 Å². The molecule has 1 radical (unpaired) electrons. The molecule has 93 valence electrons. The molecule has 0 aromatic heterocycles. The van der Waals surface area contributed by atoms with Crippen LogP contribution in [0.4, 0.5) is 13.2 Å². The summed E-state index contributed by atoms with van der Waals surface area (Å²) in [5.74, 6) is -0.0831. The van der Waals surface area contributed by atoms with E-state index in [4.69, 9.17) is 4.74 Å². The Morgan fingerprint density at radius 2 is 2.00 bits per heavy atom. The van der Waals surface area contributed by atoms with Crippen molar-refractivity contribution in [1.82, 2.24) is 5.32 Å². The van der Waals surface area contributed by atoms with Gasteiger partial charge in [-0.3, -0.25) is 0 Å². The number of hydrogen-bond acceptors (Lipinski definition) is 2. The molecule has 1 aromatic carbocycles. The fourth-order valence-electron chi connectivity index (χ4n) is 1.77. The molecule has 5 heteroatoms. The van der Waals surface area contributed by atoms with Crippen molar-refractivity contribution >= 4 is 0 Å². The Balaban J connectivity index is 2.14. The highest BCUT2D eigenvalue weighted by atomic mass is 19.4. The molecule has 2 rings (SSSR count). The van der Waals surface area contributed by atoms with E-state index in [-0.39, 0.29) is 11.9 Å². The van der Waals surface area contributed by atoms with Crippen LogP contribution in [-0.4, -0.2) is 12.6 Å². The van der Waals surface area contributed by atoms with Crippen LogP contribution in [0.5, 0.6) is 5.75 Å². The van der Waals surface area contributed by atoms with Crippen LogP contribution < -0.4 is 10.1 Å². The molecule has 0 aliphatic carbocycles. The molecule has 2 nitrogen and oxygen atoms in total. The van der Waals surface area contributed by atoms with Crippen molar-refractivity contribution in [3.05, 3.63) is 36.4 Å². The molecule has 0 amide bonds. The fourth-order valence-corrected chi connectivity index (χ4v) is 1.77. The lowest BCUT2D eigenvalue weighted by atomic mass is 10.1. The summed E-state index contributed by atoms with van der Waals surface area (Å²) in [6, 6.07) is 5.32. The number of hydrogen-bond donors (Lipinski definition) is 1. The molecule has 1 fully saturated rings. The second-order valence-electron chi connectivity index (χ2n) is 3.92. The van der Waals surface area contributed by atoms with Crippen LogP contribution in [0.15, 0.2) is 24.3 Å². The molecule has 1 saturated heterocycles. The summed E-state index contributed by atoms with van der Waals surface area (Å²) in [5, 5.41) is 3.02. The first-order chi connectivity index (χ1) is 8.07. The Bertz CT molecular complexity index is 372. The van der Waals surface area contributed by atoms with Crippen molar-refractivity contribution in [1.29, 1.82) is 0 Å². The first-order valence-electron chi connectivity index (χ1n) is 5.45. The van der Waals surface area contributed by atoms with Gasteiger partial charge in [-0.05, 0) is 25.1 Å². The molecule has 1 aliphatic rings. The predicted molar refractivity (Wildman–Crippen MR) is 57.4 cm³/mol. The van der Waals surface area contributed by atoms with Crippen LogP contribution in [-0.2, 0) is 6.18 Å². The third kappa shape index (κ3) is 3.12. The van der Waals surface area contributed by atoms with E-state index in [2.05, 4.69) is 5.32 Å². The highest BCUT2D eigenvalue weighted by molar-refractivity contribution is 5.35. The average Bonchev–Trinajstić information content (AvgIpc) is 2.30. The van der Waals surface area contributed by atoms with Gasteiger partial charge in [0, 0.05) is 13.0 Å². The van der Waals surface area contributed by atoms with Gasteiger partial charge >= 0.3 is 6.18 Å². The van der Waals surface area contributed by atoms with Crippen molar-refractivity contribution in [2.75, 3.05) is 6.54 Å². The first-order valence-corrected chi connectivity index (χ1v) is 5.45. The monoisotopic (exact) mass is 244 g/mol. The highest BCUT2D eigenvalue weighted by Crippen LogP contribution is 2.36. The van der Waals surface area contributed by atoms with E-state index in [1.165, 1.54) is 12.1 Å². The van der Waals surface area contributed by atoms with E-state index in [0.717, 1.165) is 12.6 Å².